The molecule has 1 saturated carbocycles. The fourth-order valence-corrected chi connectivity index (χ4v) is 4.63. The van der Waals surface area contributed by atoms with Gasteiger partial charge in [-0.3, -0.25) is 4.68 Å². The van der Waals surface area contributed by atoms with E-state index in [-0.39, 0.29) is 12.4 Å². The molecule has 0 saturated heterocycles. The van der Waals surface area contributed by atoms with Crippen molar-refractivity contribution in [2.24, 2.45) is 11.8 Å². The molecular weight excluding hydrogens is 404 g/mol. The van der Waals surface area contributed by atoms with Gasteiger partial charge in [0, 0.05) is 23.4 Å². The number of nitrogens with zero attached hydrogens (tertiary/aromatic N) is 2. The summed E-state index contributed by atoms with van der Waals surface area (Å²) >= 11 is 0. The minimum Gasteiger partial charge on any atom is -0.508 e. The normalized spacial score (nSPS) is 18.5. The van der Waals surface area contributed by atoms with Crippen LogP contribution in [0.4, 0.5) is 0 Å². The molecule has 0 radical (unpaired) electrons. The average Bonchev–Trinajstić information content (AvgIpc) is 3.12. The highest BCUT2D eigenvalue weighted by Crippen LogP contribution is 2.36. The first-order chi connectivity index (χ1) is 15.5. The Balaban J connectivity index is 1.51. The number of carbonyl (C=O) groups is 1. The molecule has 4 rings (SSSR count). The zero-order valence-electron chi connectivity index (χ0n) is 18.4. The van der Waals surface area contributed by atoms with Gasteiger partial charge in [-0.05, 0) is 62.1 Å². The molecule has 0 aliphatic heterocycles. The van der Waals surface area contributed by atoms with Gasteiger partial charge in [-0.2, -0.15) is 5.10 Å². The molecule has 0 spiro atoms. The number of hydrogen-bond acceptors (Lipinski definition) is 4. The van der Waals surface area contributed by atoms with Crippen LogP contribution in [-0.2, 0) is 16.1 Å². The Labute approximate surface area is 188 Å². The molecule has 0 unspecified atom stereocenters. The van der Waals surface area contributed by atoms with Crippen LogP contribution in [0.3, 0.4) is 0 Å². The smallest absolute Gasteiger partial charge is 0.329 e. The molecule has 0 atom stereocenters. The number of ether oxygens (including phenoxy) is 1. The molecule has 1 aromatic heterocycles. The van der Waals surface area contributed by atoms with Gasteiger partial charge in [0.05, 0.1) is 6.61 Å². The van der Waals surface area contributed by atoms with E-state index < -0.39 is 5.97 Å². The maximum atomic E-state index is 10.6. The van der Waals surface area contributed by atoms with Crippen LogP contribution in [-0.4, -0.2) is 39.2 Å². The second-order valence-electron chi connectivity index (χ2n) is 8.70. The maximum Gasteiger partial charge on any atom is 0.329 e. The highest BCUT2D eigenvalue weighted by atomic mass is 16.5. The fourth-order valence-electron chi connectivity index (χ4n) is 4.63. The first kappa shape index (κ1) is 22.1. The number of benzene rings is 2. The van der Waals surface area contributed by atoms with Crippen LogP contribution in [0, 0.1) is 18.8 Å². The third-order valence-electron chi connectivity index (χ3n) is 6.39. The van der Waals surface area contributed by atoms with Crippen molar-refractivity contribution in [3.8, 4) is 28.1 Å². The lowest BCUT2D eigenvalue weighted by Gasteiger charge is -2.28. The molecule has 1 aliphatic rings. The molecule has 6 nitrogen and oxygen atoms in total. The minimum absolute atomic E-state index is 0.214. The van der Waals surface area contributed by atoms with Crippen LogP contribution in [0.1, 0.15) is 31.4 Å². The summed E-state index contributed by atoms with van der Waals surface area (Å²) < 4.78 is 7.43. The predicted molar refractivity (Wildman–Crippen MR) is 123 cm³/mol. The summed E-state index contributed by atoms with van der Waals surface area (Å²) in [4.78, 5) is 10.6. The number of aromatic hydroxyl groups is 1. The largest absolute Gasteiger partial charge is 0.508 e. The summed E-state index contributed by atoms with van der Waals surface area (Å²) in [6.45, 7) is 3.30. The number of phenols is 1. The molecule has 0 bridgehead atoms. The van der Waals surface area contributed by atoms with Crippen molar-refractivity contribution in [3.63, 3.8) is 0 Å². The van der Waals surface area contributed by atoms with Crippen molar-refractivity contribution in [2.75, 3.05) is 13.2 Å². The Bertz CT molecular complexity index is 1040. The summed E-state index contributed by atoms with van der Waals surface area (Å²) in [5.41, 5.74) is 5.32. The quantitative estimate of drug-likeness (QED) is 0.513. The third-order valence-corrected chi connectivity index (χ3v) is 6.39. The van der Waals surface area contributed by atoms with Gasteiger partial charge < -0.3 is 14.9 Å². The van der Waals surface area contributed by atoms with E-state index in [9.17, 15) is 9.90 Å². The first-order valence-electron chi connectivity index (χ1n) is 11.2. The van der Waals surface area contributed by atoms with Gasteiger partial charge in [-0.15, -0.1) is 0 Å². The van der Waals surface area contributed by atoms with E-state index in [1.54, 1.807) is 12.1 Å². The van der Waals surface area contributed by atoms with Gasteiger partial charge in [0.2, 0.25) is 0 Å². The number of aromatic nitrogens is 2. The Morgan fingerprint density at radius 3 is 2.31 bits per heavy atom. The van der Waals surface area contributed by atoms with Crippen LogP contribution < -0.4 is 0 Å². The minimum atomic E-state index is -0.911. The number of carboxylic acid groups (broad SMARTS) is 1. The van der Waals surface area contributed by atoms with Crippen molar-refractivity contribution in [3.05, 3.63) is 60.3 Å². The standard InChI is InChI=1S/C26H30N2O4/c1-18-25(21-11-13-23(29)14-12-21)26(22-5-3-2-4-6-22)27-28(18)15-19-7-9-20(10-8-19)16-32-17-24(30)31/h2-6,11-14,19-20,29H,7-10,15-17H2,1H3,(H,30,31). The van der Waals surface area contributed by atoms with Crippen LogP contribution in [0.5, 0.6) is 5.75 Å². The van der Waals surface area contributed by atoms with E-state index in [0.29, 0.717) is 18.4 Å². The number of phenolic OH excluding ortho intramolecular Hbond substituents is 1. The van der Waals surface area contributed by atoms with Crippen LogP contribution >= 0.6 is 0 Å². The molecule has 1 aliphatic carbocycles. The van der Waals surface area contributed by atoms with Crippen molar-refractivity contribution in [1.82, 2.24) is 9.78 Å². The topological polar surface area (TPSA) is 84.6 Å². The van der Waals surface area contributed by atoms with Crippen molar-refractivity contribution in [2.45, 2.75) is 39.2 Å². The van der Waals surface area contributed by atoms with Gasteiger partial charge >= 0.3 is 5.97 Å². The molecule has 2 N–H and O–H groups in total. The molecule has 2 aromatic carbocycles. The Kier molecular flexibility index (Phi) is 6.90. The second-order valence-corrected chi connectivity index (χ2v) is 8.70. The highest BCUT2D eigenvalue weighted by molar-refractivity contribution is 5.82. The summed E-state index contributed by atoms with van der Waals surface area (Å²) in [6, 6.07) is 17.5. The molecule has 1 fully saturated rings. The zero-order chi connectivity index (χ0) is 22.5. The SMILES string of the molecule is Cc1c(-c2ccc(O)cc2)c(-c2ccccc2)nn1CC1CCC(COCC(=O)O)CC1. The fraction of sp³-hybridized carbons (Fsp3) is 0.385. The molecule has 0 amide bonds. The average molecular weight is 435 g/mol. The van der Waals surface area contributed by atoms with Gasteiger partial charge in [0.15, 0.2) is 0 Å². The molecule has 1 heterocycles. The summed E-state index contributed by atoms with van der Waals surface area (Å²) in [5.74, 6) is 0.327. The van der Waals surface area contributed by atoms with Gasteiger partial charge in [-0.1, -0.05) is 42.5 Å². The van der Waals surface area contributed by atoms with E-state index in [0.717, 1.165) is 60.3 Å². The molecule has 3 aromatic rings. The van der Waals surface area contributed by atoms with E-state index >= 15 is 0 Å². The van der Waals surface area contributed by atoms with E-state index in [1.165, 1.54) is 0 Å². The Hall–Kier alpha value is -3.12. The summed E-state index contributed by atoms with van der Waals surface area (Å²) in [5, 5.41) is 23.5. The number of hydrogen-bond donors (Lipinski definition) is 2. The van der Waals surface area contributed by atoms with E-state index in [4.69, 9.17) is 14.9 Å². The van der Waals surface area contributed by atoms with E-state index in [2.05, 4.69) is 23.7 Å². The highest BCUT2D eigenvalue weighted by Gasteiger charge is 2.24. The number of rotatable bonds is 8. The van der Waals surface area contributed by atoms with Gasteiger partial charge in [0.25, 0.3) is 0 Å². The van der Waals surface area contributed by atoms with Crippen LogP contribution in [0.15, 0.2) is 54.6 Å². The first-order valence-corrected chi connectivity index (χ1v) is 11.2. The molecular formula is C26H30N2O4. The van der Waals surface area contributed by atoms with Crippen molar-refractivity contribution >= 4 is 5.97 Å². The molecule has 6 heteroatoms. The monoisotopic (exact) mass is 434 g/mol. The Morgan fingerprint density at radius 2 is 1.66 bits per heavy atom. The number of carboxylic acids is 1. The number of aliphatic carboxylic acids is 1. The van der Waals surface area contributed by atoms with E-state index in [1.807, 2.05) is 30.3 Å². The van der Waals surface area contributed by atoms with Gasteiger partial charge in [-0.25, -0.2) is 4.79 Å². The molecule has 32 heavy (non-hydrogen) atoms. The summed E-state index contributed by atoms with van der Waals surface area (Å²) in [6.07, 6.45) is 4.30. The van der Waals surface area contributed by atoms with Crippen molar-refractivity contribution < 1.29 is 19.7 Å². The Morgan fingerprint density at radius 1 is 1.00 bits per heavy atom. The zero-order valence-corrected chi connectivity index (χ0v) is 18.4. The summed E-state index contributed by atoms with van der Waals surface area (Å²) in [7, 11) is 0. The predicted octanol–water partition coefficient (Wildman–Crippen LogP) is 5.14. The second kappa shape index (κ2) is 10.0. The van der Waals surface area contributed by atoms with Crippen LogP contribution in [0.25, 0.3) is 22.4 Å². The lowest BCUT2D eigenvalue weighted by molar-refractivity contribution is -0.142. The lowest BCUT2D eigenvalue weighted by atomic mass is 9.82. The third kappa shape index (κ3) is 5.19. The lowest BCUT2D eigenvalue weighted by Crippen LogP contribution is -2.23. The van der Waals surface area contributed by atoms with Gasteiger partial charge in [0.1, 0.15) is 18.1 Å². The maximum absolute atomic E-state index is 10.6. The van der Waals surface area contributed by atoms with Crippen LogP contribution in [0.2, 0.25) is 0 Å². The molecule has 168 valence electrons. The van der Waals surface area contributed by atoms with Crippen molar-refractivity contribution in [1.29, 1.82) is 0 Å².